The smallest absolute Gasteiger partial charge is 0.328 e. The van der Waals surface area contributed by atoms with Crippen molar-refractivity contribution in [2.24, 2.45) is 0 Å². The molecule has 5 nitrogen and oxygen atoms in total. The standard InChI is InChI=1S/C13H16N2O3S/c16-12-5-7-15(8-6-14-12)9-11-2-1-10(19-11)3-4-13(17)18/h1-4H,5-9H2,(H,14,16)(H,17,18). The van der Waals surface area contributed by atoms with Crippen molar-refractivity contribution in [2.75, 3.05) is 19.6 Å². The van der Waals surface area contributed by atoms with Crippen molar-refractivity contribution in [3.63, 3.8) is 0 Å². The fourth-order valence-electron chi connectivity index (χ4n) is 1.91. The quantitative estimate of drug-likeness (QED) is 0.812. The van der Waals surface area contributed by atoms with Gasteiger partial charge in [0.2, 0.25) is 5.91 Å². The summed E-state index contributed by atoms with van der Waals surface area (Å²) >= 11 is 1.58. The molecule has 6 heteroatoms. The van der Waals surface area contributed by atoms with Gasteiger partial charge in [0.05, 0.1) is 0 Å². The van der Waals surface area contributed by atoms with Crippen LogP contribution in [0, 0.1) is 0 Å². The van der Waals surface area contributed by atoms with Crippen LogP contribution in [-0.2, 0) is 16.1 Å². The Morgan fingerprint density at radius 1 is 1.47 bits per heavy atom. The van der Waals surface area contributed by atoms with Gasteiger partial charge in [-0.15, -0.1) is 11.3 Å². The van der Waals surface area contributed by atoms with Gasteiger partial charge in [-0.25, -0.2) is 4.79 Å². The molecule has 0 spiro atoms. The van der Waals surface area contributed by atoms with Gasteiger partial charge in [0, 0.05) is 48.4 Å². The zero-order valence-corrected chi connectivity index (χ0v) is 11.3. The second-order valence-corrected chi connectivity index (χ2v) is 5.55. The van der Waals surface area contributed by atoms with Crippen molar-refractivity contribution >= 4 is 29.3 Å². The van der Waals surface area contributed by atoms with E-state index >= 15 is 0 Å². The minimum absolute atomic E-state index is 0.110. The Morgan fingerprint density at radius 2 is 2.32 bits per heavy atom. The topological polar surface area (TPSA) is 69.6 Å². The van der Waals surface area contributed by atoms with Crippen LogP contribution in [0.5, 0.6) is 0 Å². The van der Waals surface area contributed by atoms with E-state index < -0.39 is 5.97 Å². The summed E-state index contributed by atoms with van der Waals surface area (Å²) in [6.07, 6.45) is 3.28. The van der Waals surface area contributed by atoms with Crippen molar-refractivity contribution in [2.45, 2.75) is 13.0 Å². The summed E-state index contributed by atoms with van der Waals surface area (Å²) in [5, 5.41) is 11.4. The minimum Gasteiger partial charge on any atom is -0.478 e. The molecule has 0 radical (unpaired) electrons. The summed E-state index contributed by atoms with van der Waals surface area (Å²) in [5.74, 6) is -0.828. The van der Waals surface area contributed by atoms with Gasteiger partial charge in [-0.3, -0.25) is 9.69 Å². The summed E-state index contributed by atoms with van der Waals surface area (Å²) in [5.41, 5.74) is 0. The molecule has 1 amide bonds. The summed E-state index contributed by atoms with van der Waals surface area (Å²) in [7, 11) is 0. The maximum Gasteiger partial charge on any atom is 0.328 e. The number of carbonyl (C=O) groups excluding carboxylic acids is 1. The van der Waals surface area contributed by atoms with Gasteiger partial charge in [0.15, 0.2) is 0 Å². The van der Waals surface area contributed by atoms with Gasteiger partial charge >= 0.3 is 5.97 Å². The number of rotatable bonds is 4. The van der Waals surface area contributed by atoms with E-state index in [0.29, 0.717) is 13.0 Å². The van der Waals surface area contributed by atoms with Crippen molar-refractivity contribution in [1.29, 1.82) is 0 Å². The van der Waals surface area contributed by atoms with Crippen LogP contribution in [0.2, 0.25) is 0 Å². The molecular formula is C13H16N2O3S. The Kier molecular flexibility index (Phi) is 4.70. The lowest BCUT2D eigenvalue weighted by molar-refractivity contribution is -0.131. The van der Waals surface area contributed by atoms with Crippen molar-refractivity contribution < 1.29 is 14.7 Å². The first-order valence-corrected chi connectivity index (χ1v) is 6.94. The van der Waals surface area contributed by atoms with Crippen LogP contribution in [-0.4, -0.2) is 41.5 Å². The predicted molar refractivity (Wildman–Crippen MR) is 73.9 cm³/mol. The van der Waals surface area contributed by atoms with E-state index in [-0.39, 0.29) is 5.91 Å². The Morgan fingerprint density at radius 3 is 3.11 bits per heavy atom. The number of hydrogen-bond donors (Lipinski definition) is 2. The molecule has 1 aromatic rings. The summed E-state index contributed by atoms with van der Waals surface area (Å²) in [4.78, 5) is 26.0. The molecule has 102 valence electrons. The first kappa shape index (κ1) is 13.8. The Balaban J connectivity index is 1.92. The second kappa shape index (κ2) is 6.49. The third kappa shape index (κ3) is 4.50. The minimum atomic E-state index is -0.938. The van der Waals surface area contributed by atoms with E-state index in [4.69, 9.17) is 5.11 Å². The third-order valence-electron chi connectivity index (χ3n) is 2.86. The molecule has 2 N–H and O–H groups in total. The summed E-state index contributed by atoms with van der Waals surface area (Å²) in [6.45, 7) is 3.12. The van der Waals surface area contributed by atoms with Gasteiger partial charge < -0.3 is 10.4 Å². The van der Waals surface area contributed by atoms with Gasteiger partial charge in [-0.2, -0.15) is 0 Å². The average Bonchev–Trinajstić information content (AvgIpc) is 2.71. The van der Waals surface area contributed by atoms with Crippen molar-refractivity contribution in [1.82, 2.24) is 10.2 Å². The first-order chi connectivity index (χ1) is 9.13. The number of nitrogens with one attached hydrogen (secondary N) is 1. The van der Waals surface area contributed by atoms with Crippen LogP contribution in [0.3, 0.4) is 0 Å². The molecule has 1 saturated heterocycles. The number of nitrogens with zero attached hydrogens (tertiary/aromatic N) is 1. The molecular weight excluding hydrogens is 264 g/mol. The average molecular weight is 280 g/mol. The van der Waals surface area contributed by atoms with Crippen molar-refractivity contribution in [3.8, 4) is 0 Å². The highest BCUT2D eigenvalue weighted by Gasteiger charge is 2.13. The SMILES string of the molecule is O=C(O)C=Cc1ccc(CN2CCNC(=O)CC2)s1. The zero-order valence-electron chi connectivity index (χ0n) is 10.5. The van der Waals surface area contributed by atoms with E-state index in [2.05, 4.69) is 10.2 Å². The van der Waals surface area contributed by atoms with Crippen LogP contribution in [0.15, 0.2) is 18.2 Å². The Hall–Kier alpha value is -1.66. The molecule has 0 bridgehead atoms. The number of hydrogen-bond acceptors (Lipinski definition) is 4. The van der Waals surface area contributed by atoms with Crippen LogP contribution in [0.4, 0.5) is 0 Å². The molecule has 1 aliphatic rings. The molecule has 1 fully saturated rings. The molecule has 2 rings (SSSR count). The predicted octanol–water partition coefficient (Wildman–Crippen LogP) is 1.17. The van der Waals surface area contributed by atoms with E-state index in [9.17, 15) is 9.59 Å². The molecule has 1 aromatic heterocycles. The first-order valence-electron chi connectivity index (χ1n) is 6.12. The highest BCUT2D eigenvalue weighted by Crippen LogP contribution is 2.20. The maximum atomic E-state index is 11.2. The number of thiophene rings is 1. The van der Waals surface area contributed by atoms with Crippen molar-refractivity contribution in [3.05, 3.63) is 28.0 Å². The van der Waals surface area contributed by atoms with Crippen LogP contribution in [0.1, 0.15) is 16.2 Å². The number of amides is 1. The Labute approximate surface area is 115 Å². The molecule has 0 aliphatic carbocycles. The highest BCUT2D eigenvalue weighted by molar-refractivity contribution is 7.12. The van der Waals surface area contributed by atoms with Gasteiger partial charge in [0.1, 0.15) is 0 Å². The van der Waals surface area contributed by atoms with Crippen LogP contribution >= 0.6 is 11.3 Å². The number of aliphatic carboxylic acids is 1. The largest absolute Gasteiger partial charge is 0.478 e. The highest BCUT2D eigenvalue weighted by atomic mass is 32.1. The molecule has 0 unspecified atom stereocenters. The van der Waals surface area contributed by atoms with Crippen LogP contribution in [0.25, 0.3) is 6.08 Å². The fourth-order valence-corrected chi connectivity index (χ4v) is 2.87. The van der Waals surface area contributed by atoms with Gasteiger partial charge in [-0.1, -0.05) is 0 Å². The number of carboxylic acid groups (broad SMARTS) is 1. The molecule has 0 atom stereocenters. The lowest BCUT2D eigenvalue weighted by atomic mass is 10.3. The summed E-state index contributed by atoms with van der Waals surface area (Å²) < 4.78 is 0. The zero-order chi connectivity index (χ0) is 13.7. The van der Waals surface area contributed by atoms with E-state index in [1.54, 1.807) is 17.4 Å². The molecule has 2 heterocycles. The Bertz CT molecular complexity index is 496. The van der Waals surface area contributed by atoms with Crippen LogP contribution < -0.4 is 5.32 Å². The molecule has 0 saturated carbocycles. The van der Waals surface area contributed by atoms with E-state index in [0.717, 1.165) is 30.6 Å². The molecule has 19 heavy (non-hydrogen) atoms. The summed E-state index contributed by atoms with van der Waals surface area (Å²) in [6, 6.07) is 3.92. The number of carboxylic acids is 1. The van der Waals surface area contributed by atoms with Gasteiger partial charge in [0.25, 0.3) is 0 Å². The van der Waals surface area contributed by atoms with E-state index in [1.165, 1.54) is 4.88 Å². The second-order valence-electron chi connectivity index (χ2n) is 4.35. The number of carbonyl (C=O) groups is 2. The lowest BCUT2D eigenvalue weighted by Gasteiger charge is -2.17. The normalized spacial score (nSPS) is 17.4. The molecule has 1 aliphatic heterocycles. The fraction of sp³-hybridized carbons (Fsp3) is 0.385. The van der Waals surface area contributed by atoms with Gasteiger partial charge in [-0.05, 0) is 18.2 Å². The van der Waals surface area contributed by atoms with E-state index in [1.807, 2.05) is 12.1 Å². The lowest BCUT2D eigenvalue weighted by Crippen LogP contribution is -2.27. The molecule has 0 aromatic carbocycles. The third-order valence-corrected chi connectivity index (χ3v) is 3.89. The monoisotopic (exact) mass is 280 g/mol. The maximum absolute atomic E-state index is 11.2.